The zero-order valence-corrected chi connectivity index (χ0v) is 17.4. The number of likely N-dealkylation sites (tertiary alicyclic amines) is 1. The first-order valence-corrected chi connectivity index (χ1v) is 11.2. The van der Waals surface area contributed by atoms with Crippen LogP contribution in [0, 0.1) is 5.92 Å². The largest absolute Gasteiger partial charge is 0.303 e. The number of piperidine rings is 1. The van der Waals surface area contributed by atoms with Gasteiger partial charge >= 0.3 is 0 Å². The Morgan fingerprint density at radius 3 is 2.17 bits per heavy atom. The third kappa shape index (κ3) is 4.08. The Morgan fingerprint density at radius 1 is 0.867 bits per heavy atom. The number of hydrogen-bond donors (Lipinski definition) is 1. The number of unbranched alkanes of at least 4 members (excludes halogenated alkanes) is 1. The van der Waals surface area contributed by atoms with E-state index in [9.17, 15) is 0 Å². The van der Waals surface area contributed by atoms with Crippen LogP contribution in [0.25, 0.3) is 12.2 Å². The molecule has 5 nitrogen and oxygen atoms in total. The highest BCUT2D eigenvalue weighted by Crippen LogP contribution is 2.43. The van der Waals surface area contributed by atoms with Crippen LogP contribution in [0.2, 0.25) is 0 Å². The second-order valence-corrected chi connectivity index (χ2v) is 8.53. The van der Waals surface area contributed by atoms with E-state index in [2.05, 4.69) is 86.2 Å². The van der Waals surface area contributed by atoms with Crippen molar-refractivity contribution < 1.29 is 0 Å². The van der Waals surface area contributed by atoms with Crippen LogP contribution in [0.5, 0.6) is 0 Å². The van der Waals surface area contributed by atoms with Gasteiger partial charge in [-0.25, -0.2) is 0 Å². The van der Waals surface area contributed by atoms with Gasteiger partial charge in [-0.2, -0.15) is 5.21 Å². The van der Waals surface area contributed by atoms with Gasteiger partial charge in [0.25, 0.3) is 0 Å². The Bertz CT molecular complexity index is 937. The Labute approximate surface area is 178 Å². The Hall–Kier alpha value is -2.79. The minimum Gasteiger partial charge on any atom is -0.303 e. The van der Waals surface area contributed by atoms with Crippen LogP contribution >= 0.6 is 0 Å². The first kappa shape index (κ1) is 19.2. The zero-order valence-electron chi connectivity index (χ0n) is 17.4. The van der Waals surface area contributed by atoms with E-state index < -0.39 is 0 Å². The molecule has 1 aliphatic heterocycles. The number of nitrogens with one attached hydrogen (secondary N) is 1. The molecular formula is C25H29N5. The van der Waals surface area contributed by atoms with E-state index in [-0.39, 0.29) is 0 Å². The summed E-state index contributed by atoms with van der Waals surface area (Å²) in [5, 5.41) is 14.2. The van der Waals surface area contributed by atoms with Crippen LogP contribution in [-0.2, 0) is 6.42 Å². The lowest BCUT2D eigenvalue weighted by Crippen LogP contribution is -2.36. The molecule has 2 aliphatic rings. The summed E-state index contributed by atoms with van der Waals surface area (Å²) in [5.41, 5.74) is 5.75. The summed E-state index contributed by atoms with van der Waals surface area (Å²) in [4.78, 5) is 2.64. The quantitative estimate of drug-likeness (QED) is 0.618. The van der Waals surface area contributed by atoms with Gasteiger partial charge in [0.15, 0.2) is 5.82 Å². The molecule has 5 rings (SSSR count). The maximum atomic E-state index is 4.04. The van der Waals surface area contributed by atoms with Crippen molar-refractivity contribution in [3.8, 4) is 0 Å². The molecule has 0 saturated carbocycles. The van der Waals surface area contributed by atoms with Crippen LogP contribution in [-0.4, -0.2) is 45.2 Å². The fourth-order valence-corrected chi connectivity index (χ4v) is 5.16. The smallest absolute Gasteiger partial charge is 0.174 e. The maximum absolute atomic E-state index is 4.04. The first-order chi connectivity index (χ1) is 14.9. The molecular weight excluding hydrogens is 370 g/mol. The van der Waals surface area contributed by atoms with E-state index in [1.807, 2.05) is 0 Å². The van der Waals surface area contributed by atoms with Gasteiger partial charge in [0.05, 0.1) is 0 Å². The lowest BCUT2D eigenvalue weighted by Gasteiger charge is -2.37. The number of aromatic nitrogens is 4. The minimum absolute atomic E-state index is 0.493. The molecule has 3 aromatic rings. The Balaban J connectivity index is 1.24. The molecule has 2 aromatic carbocycles. The highest BCUT2D eigenvalue weighted by molar-refractivity contribution is 5.76. The molecule has 0 unspecified atom stereocenters. The van der Waals surface area contributed by atoms with Gasteiger partial charge in [-0.05, 0) is 73.5 Å². The average Bonchev–Trinajstić information content (AvgIpc) is 3.25. The predicted octanol–water partition coefficient (Wildman–Crippen LogP) is 4.55. The second kappa shape index (κ2) is 8.92. The monoisotopic (exact) mass is 399 g/mol. The zero-order chi connectivity index (χ0) is 20.2. The summed E-state index contributed by atoms with van der Waals surface area (Å²) < 4.78 is 0. The van der Waals surface area contributed by atoms with E-state index in [1.54, 1.807) is 0 Å². The molecule has 0 spiro atoms. The van der Waals surface area contributed by atoms with Gasteiger partial charge in [0.1, 0.15) is 0 Å². The van der Waals surface area contributed by atoms with Crippen LogP contribution in [0.4, 0.5) is 0 Å². The number of benzene rings is 2. The summed E-state index contributed by atoms with van der Waals surface area (Å²) in [6.45, 7) is 3.56. The number of hydrogen-bond acceptors (Lipinski definition) is 4. The maximum Gasteiger partial charge on any atom is 0.174 e. The van der Waals surface area contributed by atoms with Gasteiger partial charge in [-0.15, -0.1) is 10.2 Å². The van der Waals surface area contributed by atoms with Gasteiger partial charge in [-0.1, -0.05) is 65.9 Å². The molecule has 154 valence electrons. The van der Waals surface area contributed by atoms with Crippen molar-refractivity contribution in [1.82, 2.24) is 25.5 Å². The molecule has 1 aliphatic carbocycles. The van der Waals surface area contributed by atoms with Crippen molar-refractivity contribution >= 4 is 12.2 Å². The normalized spacial score (nSPS) is 17.5. The Morgan fingerprint density at radius 2 is 1.53 bits per heavy atom. The number of fused-ring (bicyclic) bond motifs is 2. The molecule has 5 heteroatoms. The highest BCUT2D eigenvalue weighted by atomic mass is 15.5. The van der Waals surface area contributed by atoms with Gasteiger partial charge in [0, 0.05) is 12.3 Å². The van der Waals surface area contributed by atoms with Gasteiger partial charge < -0.3 is 4.90 Å². The molecule has 2 heterocycles. The summed E-state index contributed by atoms with van der Waals surface area (Å²) in [7, 11) is 0. The van der Waals surface area contributed by atoms with Gasteiger partial charge in [-0.3, -0.25) is 0 Å². The SMILES string of the molecule is C1=Cc2ccccc2C(C2CCN(CCCCc3nn[nH]n3)CC2)c2ccccc21. The molecule has 1 aromatic heterocycles. The number of tetrazole rings is 1. The lowest BCUT2D eigenvalue weighted by molar-refractivity contribution is 0.172. The summed E-state index contributed by atoms with van der Waals surface area (Å²) in [6.07, 6.45) is 10.3. The second-order valence-electron chi connectivity index (χ2n) is 8.53. The number of aryl methyl sites for hydroxylation is 1. The molecule has 0 atom stereocenters. The van der Waals surface area contributed by atoms with Crippen molar-refractivity contribution in [1.29, 1.82) is 0 Å². The van der Waals surface area contributed by atoms with E-state index >= 15 is 0 Å². The molecule has 1 N–H and O–H groups in total. The van der Waals surface area contributed by atoms with Crippen molar-refractivity contribution in [3.63, 3.8) is 0 Å². The lowest BCUT2D eigenvalue weighted by atomic mass is 9.74. The number of rotatable bonds is 6. The number of aromatic amines is 1. The van der Waals surface area contributed by atoms with E-state index in [0.717, 1.165) is 18.7 Å². The van der Waals surface area contributed by atoms with E-state index in [1.165, 1.54) is 61.2 Å². The minimum atomic E-state index is 0.493. The van der Waals surface area contributed by atoms with E-state index in [4.69, 9.17) is 0 Å². The highest BCUT2D eigenvalue weighted by Gasteiger charge is 2.31. The summed E-state index contributed by atoms with van der Waals surface area (Å²) >= 11 is 0. The van der Waals surface area contributed by atoms with Crippen molar-refractivity contribution in [3.05, 3.63) is 76.6 Å². The molecule has 30 heavy (non-hydrogen) atoms. The first-order valence-electron chi connectivity index (χ1n) is 11.2. The topological polar surface area (TPSA) is 57.7 Å². The number of H-pyrrole nitrogens is 1. The van der Waals surface area contributed by atoms with Crippen molar-refractivity contribution in [2.75, 3.05) is 19.6 Å². The third-order valence-electron chi connectivity index (χ3n) is 6.72. The van der Waals surface area contributed by atoms with E-state index in [0.29, 0.717) is 11.8 Å². The molecule has 0 amide bonds. The van der Waals surface area contributed by atoms with Crippen molar-refractivity contribution in [2.45, 2.75) is 38.0 Å². The molecule has 0 bridgehead atoms. The van der Waals surface area contributed by atoms with Crippen LogP contribution in [0.1, 0.15) is 59.7 Å². The predicted molar refractivity (Wildman–Crippen MR) is 120 cm³/mol. The number of nitrogens with zero attached hydrogens (tertiary/aromatic N) is 4. The Kier molecular flexibility index (Phi) is 5.71. The fourth-order valence-electron chi connectivity index (χ4n) is 5.16. The molecule has 1 saturated heterocycles. The standard InChI is InChI=1S/C25H29N5/c1-3-9-22-19(7-1)12-13-20-8-2-4-10-23(20)25(22)21-14-17-30(18-15-21)16-6-5-11-24-26-28-29-27-24/h1-4,7-10,12-13,21,25H,5-6,11,14-18H2,(H,26,27,28,29). The van der Waals surface area contributed by atoms with Gasteiger partial charge in [0.2, 0.25) is 0 Å². The van der Waals surface area contributed by atoms with Crippen LogP contribution < -0.4 is 0 Å². The molecule has 0 radical (unpaired) electrons. The van der Waals surface area contributed by atoms with Crippen LogP contribution in [0.15, 0.2) is 48.5 Å². The average molecular weight is 400 g/mol. The summed E-state index contributed by atoms with van der Waals surface area (Å²) in [6, 6.07) is 17.9. The van der Waals surface area contributed by atoms with Crippen molar-refractivity contribution in [2.24, 2.45) is 5.92 Å². The fraction of sp³-hybridized carbons (Fsp3) is 0.400. The molecule has 1 fully saturated rings. The van der Waals surface area contributed by atoms with Crippen LogP contribution in [0.3, 0.4) is 0 Å². The summed E-state index contributed by atoms with van der Waals surface area (Å²) in [5.74, 6) is 2.02. The third-order valence-corrected chi connectivity index (χ3v) is 6.72.